The van der Waals surface area contributed by atoms with Crippen LogP contribution in [-0.4, -0.2) is 43.4 Å². The van der Waals surface area contributed by atoms with E-state index in [1.807, 2.05) is 6.07 Å². The van der Waals surface area contributed by atoms with Gasteiger partial charge < -0.3 is 4.90 Å². The van der Waals surface area contributed by atoms with Crippen LogP contribution in [0.3, 0.4) is 0 Å². The molecule has 0 unspecified atom stereocenters. The number of ketones is 1. The average Bonchev–Trinajstić information content (AvgIpc) is 2.84. The van der Waals surface area contributed by atoms with Gasteiger partial charge in [-0.25, -0.2) is 0 Å². The van der Waals surface area contributed by atoms with Gasteiger partial charge in [0, 0.05) is 43.7 Å². The van der Waals surface area contributed by atoms with E-state index in [4.69, 9.17) is 5.26 Å². The molecule has 4 heteroatoms. The van der Waals surface area contributed by atoms with Crippen LogP contribution in [0.15, 0.2) is 42.5 Å². The Morgan fingerprint density at radius 2 is 1.59 bits per heavy atom. The van der Waals surface area contributed by atoms with Crippen LogP contribution in [0.2, 0.25) is 0 Å². The van der Waals surface area contributed by atoms with Crippen molar-refractivity contribution in [3.8, 4) is 6.07 Å². The topological polar surface area (TPSA) is 47.3 Å². The highest BCUT2D eigenvalue weighted by atomic mass is 16.1. The van der Waals surface area contributed by atoms with E-state index in [-0.39, 0.29) is 12.2 Å². The van der Waals surface area contributed by atoms with Crippen molar-refractivity contribution in [1.82, 2.24) is 4.90 Å². The Balaban J connectivity index is 1.14. The molecule has 0 atom stereocenters. The summed E-state index contributed by atoms with van der Waals surface area (Å²) in [6.07, 6.45) is 9.51. The van der Waals surface area contributed by atoms with Crippen molar-refractivity contribution in [3.63, 3.8) is 0 Å². The number of benzene rings is 2. The number of piperazine rings is 1. The van der Waals surface area contributed by atoms with Gasteiger partial charge in [-0.3, -0.25) is 9.69 Å². The number of hydrogen-bond donors (Lipinski definition) is 0. The predicted molar refractivity (Wildman–Crippen MR) is 132 cm³/mol. The van der Waals surface area contributed by atoms with E-state index in [0.717, 1.165) is 44.4 Å². The summed E-state index contributed by atoms with van der Waals surface area (Å²) in [5.74, 6) is 1.79. The maximum Gasteiger partial charge on any atom is 0.146 e. The molecule has 32 heavy (non-hydrogen) atoms. The summed E-state index contributed by atoms with van der Waals surface area (Å²) in [5, 5.41) is 11.3. The molecule has 1 aliphatic heterocycles. The average molecular weight is 432 g/mol. The molecular weight excluding hydrogens is 394 g/mol. The van der Waals surface area contributed by atoms with Crippen LogP contribution < -0.4 is 4.90 Å². The summed E-state index contributed by atoms with van der Waals surface area (Å²) >= 11 is 0. The molecule has 1 heterocycles. The number of carbonyl (C=O) groups excluding carboxylic acids is 1. The van der Waals surface area contributed by atoms with Crippen molar-refractivity contribution in [2.24, 2.45) is 11.8 Å². The number of carbonyl (C=O) groups is 1. The fourth-order valence-corrected chi connectivity index (χ4v) is 5.63. The second-order valence-electron chi connectivity index (χ2n) is 9.77. The Kier molecular flexibility index (Phi) is 8.18. The lowest BCUT2D eigenvalue weighted by Gasteiger charge is -2.37. The van der Waals surface area contributed by atoms with Crippen molar-refractivity contribution >= 4 is 22.2 Å². The fraction of sp³-hybridized carbons (Fsp3) is 0.571. The molecule has 0 bridgehead atoms. The van der Waals surface area contributed by atoms with E-state index in [1.165, 1.54) is 61.5 Å². The van der Waals surface area contributed by atoms with E-state index in [0.29, 0.717) is 6.42 Å². The van der Waals surface area contributed by atoms with Crippen molar-refractivity contribution < 1.29 is 4.79 Å². The molecule has 2 aliphatic rings. The highest BCUT2D eigenvalue weighted by Crippen LogP contribution is 2.34. The number of fused-ring (bicyclic) bond motifs is 1. The minimum Gasteiger partial charge on any atom is -0.368 e. The Hall–Kier alpha value is -2.38. The van der Waals surface area contributed by atoms with E-state index >= 15 is 0 Å². The van der Waals surface area contributed by atoms with Crippen LogP contribution in [0.1, 0.15) is 57.8 Å². The van der Waals surface area contributed by atoms with Gasteiger partial charge in [-0.2, -0.15) is 5.26 Å². The molecule has 0 spiro atoms. The number of hydrogen-bond acceptors (Lipinski definition) is 4. The number of nitrogens with zero attached hydrogens (tertiary/aromatic N) is 3. The molecule has 4 nitrogen and oxygen atoms in total. The van der Waals surface area contributed by atoms with E-state index < -0.39 is 0 Å². The van der Waals surface area contributed by atoms with Gasteiger partial charge >= 0.3 is 0 Å². The molecule has 4 rings (SSSR count). The van der Waals surface area contributed by atoms with Gasteiger partial charge in [0.15, 0.2) is 0 Å². The second-order valence-corrected chi connectivity index (χ2v) is 9.77. The van der Waals surface area contributed by atoms with Crippen molar-refractivity contribution in [2.45, 2.75) is 57.8 Å². The second kappa shape index (κ2) is 11.5. The number of Topliss-reactive ketones (excluding diaryl/α,β-unsaturated/α-hetero) is 1. The van der Waals surface area contributed by atoms with Crippen LogP contribution in [0, 0.1) is 23.2 Å². The summed E-state index contributed by atoms with van der Waals surface area (Å²) in [5.41, 5.74) is 1.38. The molecule has 2 aromatic carbocycles. The van der Waals surface area contributed by atoms with Gasteiger partial charge in [-0.15, -0.1) is 0 Å². The Morgan fingerprint density at radius 1 is 0.906 bits per heavy atom. The summed E-state index contributed by atoms with van der Waals surface area (Å²) < 4.78 is 0. The molecule has 2 aromatic rings. The molecule has 1 aliphatic carbocycles. The summed E-state index contributed by atoms with van der Waals surface area (Å²) in [4.78, 5) is 16.7. The molecule has 0 radical (unpaired) electrons. The van der Waals surface area contributed by atoms with Gasteiger partial charge in [-0.05, 0) is 42.7 Å². The number of anilines is 1. The molecule has 1 saturated carbocycles. The lowest BCUT2D eigenvalue weighted by molar-refractivity contribution is -0.118. The third-order valence-electron chi connectivity index (χ3n) is 7.64. The minimum absolute atomic E-state index is 0.0863. The third kappa shape index (κ3) is 6.11. The zero-order chi connectivity index (χ0) is 22.2. The smallest absolute Gasteiger partial charge is 0.146 e. The van der Waals surface area contributed by atoms with Gasteiger partial charge in [-0.1, -0.05) is 68.5 Å². The summed E-state index contributed by atoms with van der Waals surface area (Å²) in [7, 11) is 0. The first-order valence-corrected chi connectivity index (χ1v) is 12.6. The predicted octanol–water partition coefficient (Wildman–Crippen LogP) is 5.81. The summed E-state index contributed by atoms with van der Waals surface area (Å²) in [6, 6.07) is 17.3. The van der Waals surface area contributed by atoms with Gasteiger partial charge in [0.1, 0.15) is 5.78 Å². The monoisotopic (exact) mass is 431 g/mol. The zero-order valence-electron chi connectivity index (χ0n) is 19.3. The molecule has 170 valence electrons. The first-order chi connectivity index (χ1) is 15.7. The quantitative estimate of drug-likeness (QED) is 0.502. The van der Waals surface area contributed by atoms with E-state index in [9.17, 15) is 4.79 Å². The standard InChI is InChI=1S/C28H37N3O/c29-17-15-26(32)8-3-5-23-11-13-24(14-12-23)16-18-30-19-21-31(22-20-30)28-10-4-7-25-6-1-2-9-27(25)28/h1-2,4,6-7,9-10,23-24H,3,5,8,11-16,18-22H2. The van der Waals surface area contributed by atoms with Crippen LogP contribution >= 0.6 is 0 Å². The van der Waals surface area contributed by atoms with Gasteiger partial charge in [0.2, 0.25) is 0 Å². The lowest BCUT2D eigenvalue weighted by Crippen LogP contribution is -2.47. The van der Waals surface area contributed by atoms with Gasteiger partial charge in [0.05, 0.1) is 12.5 Å². The molecule has 0 amide bonds. The number of rotatable bonds is 9. The van der Waals surface area contributed by atoms with Crippen LogP contribution in [-0.2, 0) is 4.79 Å². The Labute approximate surface area is 193 Å². The largest absolute Gasteiger partial charge is 0.368 e. The maximum absolute atomic E-state index is 11.5. The zero-order valence-corrected chi connectivity index (χ0v) is 19.3. The first kappa shape index (κ1) is 22.8. The van der Waals surface area contributed by atoms with Crippen LogP contribution in [0.4, 0.5) is 5.69 Å². The highest BCUT2D eigenvalue weighted by molar-refractivity contribution is 5.94. The molecule has 0 N–H and O–H groups in total. The first-order valence-electron chi connectivity index (χ1n) is 12.6. The highest BCUT2D eigenvalue weighted by Gasteiger charge is 2.23. The molecule has 0 aromatic heterocycles. The third-order valence-corrected chi connectivity index (χ3v) is 7.64. The van der Waals surface area contributed by atoms with Crippen molar-refractivity contribution in [1.29, 1.82) is 5.26 Å². The van der Waals surface area contributed by atoms with Crippen LogP contribution in [0.5, 0.6) is 0 Å². The minimum atomic E-state index is 0.0863. The normalized spacial score (nSPS) is 22.0. The molecule has 1 saturated heterocycles. The van der Waals surface area contributed by atoms with Crippen molar-refractivity contribution in [3.05, 3.63) is 42.5 Å². The van der Waals surface area contributed by atoms with Crippen LogP contribution in [0.25, 0.3) is 10.8 Å². The van der Waals surface area contributed by atoms with Crippen molar-refractivity contribution in [2.75, 3.05) is 37.6 Å². The fourth-order valence-electron chi connectivity index (χ4n) is 5.63. The molecule has 2 fully saturated rings. The van der Waals surface area contributed by atoms with E-state index in [2.05, 4.69) is 52.3 Å². The Bertz CT molecular complexity index is 912. The summed E-state index contributed by atoms with van der Waals surface area (Å²) in [6.45, 7) is 5.79. The van der Waals surface area contributed by atoms with Gasteiger partial charge in [0.25, 0.3) is 0 Å². The lowest BCUT2D eigenvalue weighted by atomic mass is 9.78. The van der Waals surface area contributed by atoms with E-state index in [1.54, 1.807) is 0 Å². The number of nitriles is 1. The maximum atomic E-state index is 11.5. The SMILES string of the molecule is N#CCC(=O)CCCC1CCC(CCN2CCN(c3cccc4ccccc34)CC2)CC1. The Morgan fingerprint density at radius 3 is 2.34 bits per heavy atom. The molecular formula is C28H37N3O.